The van der Waals surface area contributed by atoms with Gasteiger partial charge in [-0.15, -0.1) is 0 Å². The highest BCUT2D eigenvalue weighted by Crippen LogP contribution is 2.39. The summed E-state index contributed by atoms with van der Waals surface area (Å²) in [6.45, 7) is 2.09. The summed E-state index contributed by atoms with van der Waals surface area (Å²) in [7, 11) is 4.87. The van der Waals surface area contributed by atoms with Gasteiger partial charge in [-0.3, -0.25) is 4.79 Å². The minimum Gasteiger partial charge on any atom is -0.496 e. The number of amides is 1. The maximum Gasteiger partial charge on any atom is 0.220 e. The second kappa shape index (κ2) is 6.24. The van der Waals surface area contributed by atoms with Crippen molar-refractivity contribution in [3.05, 3.63) is 17.7 Å². The van der Waals surface area contributed by atoms with Crippen LogP contribution in [0.15, 0.2) is 12.1 Å². The van der Waals surface area contributed by atoms with Crippen LogP contribution in [0.3, 0.4) is 0 Å². The summed E-state index contributed by atoms with van der Waals surface area (Å²) < 4.78 is 16.2. The van der Waals surface area contributed by atoms with Crippen molar-refractivity contribution >= 4 is 5.91 Å². The van der Waals surface area contributed by atoms with Crippen LogP contribution in [-0.2, 0) is 11.2 Å². The lowest BCUT2D eigenvalue weighted by atomic mass is 9.86. The summed E-state index contributed by atoms with van der Waals surface area (Å²) in [6.07, 6.45) is 2.97. The minimum absolute atomic E-state index is 0.114. The maximum absolute atomic E-state index is 11.6. The maximum atomic E-state index is 11.6. The van der Waals surface area contributed by atoms with Gasteiger partial charge in [-0.05, 0) is 12.8 Å². The Labute approximate surface area is 125 Å². The average molecular weight is 293 g/mol. The SMILES string of the molecule is CCC1(Cc2c(OC)cc(OC)cc2OC)CCC(=O)N1. The monoisotopic (exact) mass is 293 g/mol. The molecule has 1 amide bonds. The number of methoxy groups -OCH3 is 3. The van der Waals surface area contributed by atoms with E-state index in [9.17, 15) is 4.79 Å². The molecule has 1 saturated heterocycles. The molecule has 0 spiro atoms. The first kappa shape index (κ1) is 15.5. The zero-order valence-electron chi connectivity index (χ0n) is 13.1. The Hall–Kier alpha value is -1.91. The van der Waals surface area contributed by atoms with E-state index >= 15 is 0 Å². The Bertz CT molecular complexity index is 504. The second-order valence-corrected chi connectivity index (χ2v) is 5.37. The number of hydrogen-bond donors (Lipinski definition) is 1. The molecule has 0 aliphatic carbocycles. The number of carbonyl (C=O) groups excluding carboxylic acids is 1. The standard InChI is InChI=1S/C16H23NO4/c1-5-16(7-6-15(18)17-16)10-12-13(20-3)8-11(19-2)9-14(12)21-4/h8-9H,5-7,10H2,1-4H3,(H,17,18). The quantitative estimate of drug-likeness (QED) is 0.874. The molecule has 1 unspecified atom stereocenters. The lowest BCUT2D eigenvalue weighted by Crippen LogP contribution is -2.43. The molecule has 1 N–H and O–H groups in total. The summed E-state index contributed by atoms with van der Waals surface area (Å²) in [4.78, 5) is 11.6. The highest BCUT2D eigenvalue weighted by Gasteiger charge is 2.37. The van der Waals surface area contributed by atoms with Gasteiger partial charge in [0.1, 0.15) is 17.2 Å². The van der Waals surface area contributed by atoms with E-state index in [4.69, 9.17) is 14.2 Å². The number of ether oxygens (including phenoxy) is 3. The van der Waals surface area contributed by atoms with Gasteiger partial charge < -0.3 is 19.5 Å². The van der Waals surface area contributed by atoms with Crippen molar-refractivity contribution in [3.63, 3.8) is 0 Å². The first-order chi connectivity index (χ1) is 10.1. The van der Waals surface area contributed by atoms with Crippen LogP contribution in [0.1, 0.15) is 31.7 Å². The number of benzene rings is 1. The Morgan fingerprint density at radius 1 is 1.14 bits per heavy atom. The second-order valence-electron chi connectivity index (χ2n) is 5.37. The van der Waals surface area contributed by atoms with Crippen LogP contribution in [0.25, 0.3) is 0 Å². The van der Waals surface area contributed by atoms with Crippen molar-refractivity contribution in [3.8, 4) is 17.2 Å². The van der Waals surface area contributed by atoms with Crippen molar-refractivity contribution in [2.75, 3.05) is 21.3 Å². The molecule has 0 saturated carbocycles. The molecule has 21 heavy (non-hydrogen) atoms. The molecule has 1 aliphatic heterocycles. The molecule has 1 aromatic rings. The topological polar surface area (TPSA) is 56.8 Å². The fraction of sp³-hybridized carbons (Fsp3) is 0.562. The van der Waals surface area contributed by atoms with Crippen molar-refractivity contribution in [2.45, 2.75) is 38.1 Å². The molecule has 116 valence electrons. The summed E-state index contributed by atoms with van der Waals surface area (Å²) in [6, 6.07) is 3.69. The van der Waals surface area contributed by atoms with Gasteiger partial charge in [0.2, 0.25) is 5.91 Å². The third-order valence-corrected chi connectivity index (χ3v) is 4.24. The van der Waals surface area contributed by atoms with Gasteiger partial charge in [0.15, 0.2) is 0 Å². The van der Waals surface area contributed by atoms with Gasteiger partial charge in [-0.2, -0.15) is 0 Å². The van der Waals surface area contributed by atoms with E-state index in [-0.39, 0.29) is 11.4 Å². The zero-order chi connectivity index (χ0) is 15.5. The molecule has 5 nitrogen and oxygen atoms in total. The van der Waals surface area contributed by atoms with Gasteiger partial charge in [-0.25, -0.2) is 0 Å². The molecule has 1 atom stereocenters. The molecule has 2 rings (SSSR count). The number of carbonyl (C=O) groups is 1. The largest absolute Gasteiger partial charge is 0.496 e. The van der Waals surface area contributed by atoms with Crippen LogP contribution >= 0.6 is 0 Å². The van der Waals surface area contributed by atoms with Crippen LogP contribution in [0.4, 0.5) is 0 Å². The first-order valence-electron chi connectivity index (χ1n) is 7.17. The Morgan fingerprint density at radius 3 is 2.14 bits per heavy atom. The minimum atomic E-state index is -0.216. The number of rotatable bonds is 6. The van der Waals surface area contributed by atoms with Crippen LogP contribution in [-0.4, -0.2) is 32.8 Å². The summed E-state index contributed by atoms with van der Waals surface area (Å²) in [5.41, 5.74) is 0.747. The van der Waals surface area contributed by atoms with Crippen LogP contribution in [0, 0.1) is 0 Å². The van der Waals surface area contributed by atoms with E-state index in [0.29, 0.717) is 18.6 Å². The first-order valence-corrected chi connectivity index (χ1v) is 7.17. The Kier molecular flexibility index (Phi) is 4.60. The zero-order valence-corrected chi connectivity index (χ0v) is 13.1. The van der Waals surface area contributed by atoms with Gasteiger partial charge >= 0.3 is 0 Å². The molecule has 0 bridgehead atoms. The predicted molar refractivity (Wildman–Crippen MR) is 80.2 cm³/mol. The van der Waals surface area contributed by atoms with Gasteiger partial charge in [0, 0.05) is 36.1 Å². The van der Waals surface area contributed by atoms with E-state index in [0.717, 1.165) is 29.9 Å². The van der Waals surface area contributed by atoms with Crippen LogP contribution in [0.5, 0.6) is 17.2 Å². The summed E-state index contributed by atoms with van der Waals surface area (Å²) in [5, 5.41) is 3.12. The van der Waals surface area contributed by atoms with Crippen LogP contribution in [0.2, 0.25) is 0 Å². The number of hydrogen-bond acceptors (Lipinski definition) is 4. The van der Waals surface area contributed by atoms with Gasteiger partial charge in [0.05, 0.1) is 21.3 Å². The van der Waals surface area contributed by atoms with E-state index in [1.165, 1.54) is 0 Å². The van der Waals surface area contributed by atoms with E-state index in [1.54, 1.807) is 21.3 Å². The molecule has 0 aromatic heterocycles. The normalized spacial score (nSPS) is 21.0. The van der Waals surface area contributed by atoms with Crippen molar-refractivity contribution in [2.24, 2.45) is 0 Å². The van der Waals surface area contributed by atoms with E-state index < -0.39 is 0 Å². The Balaban J connectivity index is 2.40. The average Bonchev–Trinajstić information content (AvgIpc) is 2.89. The molecule has 0 radical (unpaired) electrons. The van der Waals surface area contributed by atoms with Crippen molar-refractivity contribution in [1.82, 2.24) is 5.32 Å². The van der Waals surface area contributed by atoms with E-state index in [2.05, 4.69) is 12.2 Å². The summed E-state index contributed by atoms with van der Waals surface area (Å²) in [5.74, 6) is 2.25. The highest BCUT2D eigenvalue weighted by atomic mass is 16.5. The van der Waals surface area contributed by atoms with Gasteiger partial charge in [0.25, 0.3) is 0 Å². The predicted octanol–water partition coefficient (Wildman–Crippen LogP) is 2.31. The third kappa shape index (κ3) is 3.06. The molecular formula is C16H23NO4. The smallest absolute Gasteiger partial charge is 0.220 e. The molecule has 1 aromatic carbocycles. The fourth-order valence-electron chi connectivity index (χ4n) is 2.89. The molecule has 5 heteroatoms. The molecular weight excluding hydrogens is 270 g/mol. The lowest BCUT2D eigenvalue weighted by Gasteiger charge is -2.29. The molecule has 1 fully saturated rings. The van der Waals surface area contributed by atoms with Crippen LogP contribution < -0.4 is 19.5 Å². The third-order valence-electron chi connectivity index (χ3n) is 4.24. The number of nitrogens with one attached hydrogen (secondary N) is 1. The molecule has 1 heterocycles. The lowest BCUT2D eigenvalue weighted by molar-refractivity contribution is -0.119. The van der Waals surface area contributed by atoms with Gasteiger partial charge in [-0.1, -0.05) is 6.92 Å². The van der Waals surface area contributed by atoms with Crippen molar-refractivity contribution < 1.29 is 19.0 Å². The highest BCUT2D eigenvalue weighted by molar-refractivity contribution is 5.79. The fourth-order valence-corrected chi connectivity index (χ4v) is 2.89. The van der Waals surface area contributed by atoms with E-state index in [1.807, 2.05) is 12.1 Å². The molecule has 1 aliphatic rings. The van der Waals surface area contributed by atoms with Crippen molar-refractivity contribution in [1.29, 1.82) is 0 Å². The Morgan fingerprint density at radius 2 is 1.76 bits per heavy atom. The summed E-state index contributed by atoms with van der Waals surface area (Å²) >= 11 is 0.